The van der Waals surface area contributed by atoms with E-state index in [9.17, 15) is 4.79 Å². The summed E-state index contributed by atoms with van der Waals surface area (Å²) < 4.78 is 0. The molecule has 120 valence electrons. The number of allylic oxidation sites excluding steroid dienone is 1. The molecule has 0 saturated heterocycles. The summed E-state index contributed by atoms with van der Waals surface area (Å²) in [5, 5.41) is 17.7. The quantitative estimate of drug-likeness (QED) is 0.289. The number of hydrogen-bond acceptors (Lipinski definition) is 5. The van der Waals surface area contributed by atoms with Crippen LogP contribution in [0.5, 0.6) is 0 Å². The molecular weight excluding hydrogens is 304 g/mol. The van der Waals surface area contributed by atoms with Crippen molar-refractivity contribution in [1.29, 1.82) is 5.26 Å². The summed E-state index contributed by atoms with van der Waals surface area (Å²) in [4.78, 5) is 10.8. The van der Waals surface area contributed by atoms with E-state index in [-0.39, 0.29) is 11.4 Å². The van der Waals surface area contributed by atoms with Crippen LogP contribution in [0.25, 0.3) is 17.2 Å². The Morgan fingerprint density at radius 1 is 1.08 bits per heavy atom. The van der Waals surface area contributed by atoms with Crippen molar-refractivity contribution in [2.24, 2.45) is 11.6 Å². The molecule has 0 aliphatic carbocycles. The van der Waals surface area contributed by atoms with Crippen LogP contribution in [0.3, 0.4) is 0 Å². The first-order valence-electron chi connectivity index (χ1n) is 7.03. The lowest BCUT2D eigenvalue weighted by Gasteiger charge is -2.04. The molecule has 0 radical (unpaired) electrons. The number of nitrogens with zero attached hydrogens (tertiary/aromatic N) is 1. The van der Waals surface area contributed by atoms with Gasteiger partial charge in [0.25, 0.3) is 0 Å². The molecule has 0 amide bonds. The molecule has 0 aliphatic heterocycles. The van der Waals surface area contributed by atoms with Gasteiger partial charge in [-0.2, -0.15) is 5.26 Å². The van der Waals surface area contributed by atoms with E-state index in [1.54, 1.807) is 18.2 Å². The van der Waals surface area contributed by atoms with Gasteiger partial charge in [-0.25, -0.2) is 4.79 Å². The van der Waals surface area contributed by atoms with E-state index in [0.29, 0.717) is 5.56 Å². The Balaban J connectivity index is 2.20. The number of hydrazine groups is 1. The second kappa shape index (κ2) is 7.63. The molecule has 0 atom stereocenters. The molecule has 0 unspecified atom stereocenters. The Labute approximate surface area is 139 Å². The summed E-state index contributed by atoms with van der Waals surface area (Å²) in [5.41, 5.74) is 10.9. The van der Waals surface area contributed by atoms with Gasteiger partial charge in [-0.3, -0.25) is 5.84 Å². The third-order valence-corrected chi connectivity index (χ3v) is 3.38. The van der Waals surface area contributed by atoms with Gasteiger partial charge in [0.2, 0.25) is 0 Å². The van der Waals surface area contributed by atoms with E-state index < -0.39 is 5.97 Å². The van der Waals surface area contributed by atoms with Crippen LogP contribution in [0.15, 0.2) is 66.0 Å². The maximum Gasteiger partial charge on any atom is 0.353 e. The summed E-state index contributed by atoms with van der Waals surface area (Å²) in [6.07, 6.45) is 3.20. The van der Waals surface area contributed by atoms with E-state index in [1.165, 1.54) is 6.08 Å². The van der Waals surface area contributed by atoms with Crippen LogP contribution in [-0.2, 0) is 4.79 Å². The fraction of sp³-hybridized carbons (Fsp3) is 0. The summed E-state index contributed by atoms with van der Waals surface area (Å²) >= 11 is 0. The van der Waals surface area contributed by atoms with Crippen LogP contribution >= 0.6 is 0 Å². The van der Waals surface area contributed by atoms with Crippen molar-refractivity contribution >= 4 is 12.0 Å². The van der Waals surface area contributed by atoms with Crippen LogP contribution in [0.4, 0.5) is 0 Å². The molecule has 6 nitrogen and oxygen atoms in total. The number of nitriles is 1. The van der Waals surface area contributed by atoms with Crippen LogP contribution in [0.1, 0.15) is 11.1 Å². The number of carboxylic acid groups (broad SMARTS) is 1. The smallest absolute Gasteiger partial charge is 0.353 e. The topological polar surface area (TPSA) is 125 Å². The van der Waals surface area contributed by atoms with Gasteiger partial charge in [-0.1, -0.05) is 42.5 Å². The summed E-state index contributed by atoms with van der Waals surface area (Å²) in [6, 6.07) is 17.0. The Bertz CT molecular complexity index is 829. The zero-order valence-electron chi connectivity index (χ0n) is 12.7. The fourth-order valence-electron chi connectivity index (χ4n) is 2.03. The normalized spacial score (nSPS) is 11.7. The summed E-state index contributed by atoms with van der Waals surface area (Å²) in [7, 11) is 0. The zero-order chi connectivity index (χ0) is 17.5. The van der Waals surface area contributed by atoms with Gasteiger partial charge in [0.1, 0.15) is 5.70 Å². The second-order valence-corrected chi connectivity index (χ2v) is 4.92. The predicted molar refractivity (Wildman–Crippen MR) is 91.8 cm³/mol. The van der Waals surface area contributed by atoms with E-state index in [4.69, 9.17) is 21.9 Å². The highest BCUT2D eigenvalue weighted by Gasteiger charge is 2.06. The number of nitrogens with two attached hydrogens (primary N) is 2. The van der Waals surface area contributed by atoms with Crippen molar-refractivity contribution < 1.29 is 9.90 Å². The minimum atomic E-state index is -1.25. The Morgan fingerprint density at radius 2 is 1.62 bits per heavy atom. The molecule has 0 heterocycles. The van der Waals surface area contributed by atoms with Crippen molar-refractivity contribution in [2.75, 3.05) is 0 Å². The third kappa shape index (κ3) is 4.00. The second-order valence-electron chi connectivity index (χ2n) is 4.92. The van der Waals surface area contributed by atoms with Crippen LogP contribution in [0, 0.1) is 11.3 Å². The van der Waals surface area contributed by atoms with Crippen molar-refractivity contribution in [1.82, 2.24) is 5.43 Å². The molecule has 0 fully saturated rings. The maximum absolute atomic E-state index is 10.8. The lowest BCUT2D eigenvalue weighted by molar-refractivity contribution is -0.132. The van der Waals surface area contributed by atoms with E-state index in [0.717, 1.165) is 16.7 Å². The SMILES string of the molecule is N#Cc1ccc(-c2ccc(/C=C/C(NN)=C(/N)C(=O)O)cc2)cc1. The lowest BCUT2D eigenvalue weighted by atomic mass is 10.0. The van der Waals surface area contributed by atoms with E-state index >= 15 is 0 Å². The molecule has 0 bridgehead atoms. The Kier molecular flexibility index (Phi) is 5.34. The van der Waals surface area contributed by atoms with Crippen molar-refractivity contribution in [3.05, 3.63) is 77.1 Å². The summed E-state index contributed by atoms with van der Waals surface area (Å²) in [6.45, 7) is 0. The molecule has 0 saturated carbocycles. The molecule has 2 rings (SSSR count). The van der Waals surface area contributed by atoms with Gasteiger partial charge in [0, 0.05) is 0 Å². The molecule has 0 aromatic heterocycles. The highest BCUT2D eigenvalue weighted by Crippen LogP contribution is 2.20. The molecule has 0 spiro atoms. The predicted octanol–water partition coefficient (Wildman–Crippen LogP) is 1.96. The highest BCUT2D eigenvalue weighted by molar-refractivity contribution is 5.87. The van der Waals surface area contributed by atoms with Gasteiger partial charge in [0.15, 0.2) is 0 Å². The van der Waals surface area contributed by atoms with Gasteiger partial charge in [-0.15, -0.1) is 0 Å². The van der Waals surface area contributed by atoms with Crippen molar-refractivity contribution in [3.8, 4) is 17.2 Å². The first-order valence-corrected chi connectivity index (χ1v) is 7.03. The van der Waals surface area contributed by atoms with Crippen LogP contribution in [0.2, 0.25) is 0 Å². The van der Waals surface area contributed by atoms with E-state index in [2.05, 4.69) is 11.5 Å². The first kappa shape index (κ1) is 16.8. The van der Waals surface area contributed by atoms with Crippen molar-refractivity contribution in [3.63, 3.8) is 0 Å². The Morgan fingerprint density at radius 3 is 2.08 bits per heavy atom. The molecule has 2 aromatic rings. The number of hydrogen-bond donors (Lipinski definition) is 4. The van der Waals surface area contributed by atoms with Gasteiger partial charge >= 0.3 is 5.97 Å². The monoisotopic (exact) mass is 320 g/mol. The molecule has 0 aliphatic rings. The minimum absolute atomic E-state index is 0.124. The number of rotatable bonds is 5. The van der Waals surface area contributed by atoms with Crippen LogP contribution < -0.4 is 17.0 Å². The number of benzene rings is 2. The molecule has 24 heavy (non-hydrogen) atoms. The summed E-state index contributed by atoms with van der Waals surface area (Å²) in [5.74, 6) is 4.03. The van der Waals surface area contributed by atoms with Crippen LogP contribution in [-0.4, -0.2) is 11.1 Å². The number of carboxylic acids is 1. The average Bonchev–Trinajstić information content (AvgIpc) is 2.62. The number of aliphatic carboxylic acids is 1. The largest absolute Gasteiger partial charge is 0.477 e. The third-order valence-electron chi connectivity index (χ3n) is 3.38. The fourth-order valence-corrected chi connectivity index (χ4v) is 2.03. The number of carbonyl (C=O) groups is 1. The molecular formula is C18H16N4O2. The zero-order valence-corrected chi connectivity index (χ0v) is 12.7. The Hall–Kier alpha value is -3.56. The minimum Gasteiger partial charge on any atom is -0.477 e. The maximum atomic E-state index is 10.8. The highest BCUT2D eigenvalue weighted by atomic mass is 16.4. The molecule has 6 N–H and O–H groups in total. The standard InChI is InChI=1S/C18H16N4O2/c19-11-13-3-8-15(9-4-13)14-6-1-12(2-7-14)5-10-16(22-21)17(20)18(23)24/h1-10,22H,20-21H2,(H,23,24)/b10-5+,17-16-. The molecule has 2 aromatic carbocycles. The van der Waals surface area contributed by atoms with E-state index in [1.807, 2.05) is 36.4 Å². The number of nitrogens with one attached hydrogen (secondary N) is 1. The van der Waals surface area contributed by atoms with Gasteiger partial charge < -0.3 is 16.3 Å². The first-order chi connectivity index (χ1) is 11.5. The lowest BCUT2D eigenvalue weighted by Crippen LogP contribution is -2.26. The van der Waals surface area contributed by atoms with Gasteiger partial charge in [0.05, 0.1) is 17.3 Å². The van der Waals surface area contributed by atoms with Gasteiger partial charge in [-0.05, 0) is 34.9 Å². The van der Waals surface area contributed by atoms with Crippen molar-refractivity contribution in [2.45, 2.75) is 0 Å². The average molecular weight is 320 g/mol. The molecule has 6 heteroatoms.